The number of carbonyl (C=O) groups excluding carboxylic acids is 2. The molecule has 0 amide bonds. The Bertz CT molecular complexity index is 935. The molecule has 0 aliphatic carbocycles. The van der Waals surface area contributed by atoms with Crippen LogP contribution in [0.1, 0.15) is 188 Å². The van der Waals surface area contributed by atoms with Crippen LogP contribution in [-0.2, 0) is 23.8 Å². The summed E-state index contributed by atoms with van der Waals surface area (Å²) in [7, 11) is 0. The van der Waals surface area contributed by atoms with Gasteiger partial charge in [-0.25, -0.2) is 0 Å². The smallest absolute Gasteiger partial charge is 0.305 e. The highest BCUT2D eigenvalue weighted by Gasteiger charge is 2.24. The van der Waals surface area contributed by atoms with Crippen molar-refractivity contribution in [3.63, 3.8) is 0 Å². The van der Waals surface area contributed by atoms with Crippen LogP contribution in [-0.4, -0.2) is 62.4 Å². The van der Waals surface area contributed by atoms with E-state index in [0.717, 1.165) is 135 Å². The monoisotopic (exact) mass is 714 g/mol. The van der Waals surface area contributed by atoms with Gasteiger partial charge < -0.3 is 19.1 Å². The molecule has 2 atom stereocenters. The molecule has 0 radical (unpaired) electrons. The van der Waals surface area contributed by atoms with Crippen LogP contribution in [0, 0.1) is 11.8 Å². The lowest BCUT2D eigenvalue weighted by atomic mass is 9.79. The van der Waals surface area contributed by atoms with Gasteiger partial charge >= 0.3 is 11.9 Å². The molecule has 1 fully saturated rings. The van der Waals surface area contributed by atoms with Gasteiger partial charge in [-0.2, -0.15) is 0 Å². The maximum atomic E-state index is 12.7. The zero-order chi connectivity index (χ0) is 37.2. The first-order valence-corrected chi connectivity index (χ1v) is 21.5. The van der Waals surface area contributed by atoms with Crippen molar-refractivity contribution in [1.29, 1.82) is 0 Å². The second-order valence-corrected chi connectivity index (χ2v) is 14.8. The van der Waals surface area contributed by atoms with E-state index in [1.165, 1.54) is 44.1 Å². The normalized spacial score (nSPS) is 22.0. The molecule has 0 aromatic rings. The third-order valence-electron chi connectivity index (χ3n) is 10.6. The standard InChI is InChI=1S/C45H79NO5/c1-6-11-20-27-40-34-38-50-44(47)32-24-18-14-16-22-29-42(49-37-26-36-46(9-4)10-5)30-23-17-15-19-25-33-45(48)51-39-35-41(28-21-12-7-2)43(40)31-13-8-3/h40-42H,3,6-7,9-12,14-30,32-39H2,1-2,4-5H3. The molecule has 1 saturated heterocycles. The molecule has 0 aromatic carbocycles. The average molecular weight is 714 g/mol. The molecule has 0 saturated carbocycles. The van der Waals surface area contributed by atoms with E-state index in [0.29, 0.717) is 32.2 Å². The summed E-state index contributed by atoms with van der Waals surface area (Å²) in [5, 5.41) is 0. The predicted molar refractivity (Wildman–Crippen MR) is 213 cm³/mol. The van der Waals surface area contributed by atoms with Crippen LogP contribution in [0.4, 0.5) is 0 Å². The molecule has 1 rings (SSSR count). The average Bonchev–Trinajstić information content (AvgIpc) is 3.13. The number of rotatable bonds is 15. The Labute approximate surface area is 314 Å². The fourth-order valence-electron chi connectivity index (χ4n) is 7.35. The van der Waals surface area contributed by atoms with E-state index >= 15 is 0 Å². The zero-order valence-electron chi connectivity index (χ0n) is 33.8. The lowest BCUT2D eigenvalue weighted by Crippen LogP contribution is -2.25. The van der Waals surface area contributed by atoms with Crippen molar-refractivity contribution in [2.45, 2.75) is 194 Å². The van der Waals surface area contributed by atoms with Gasteiger partial charge in [0.15, 0.2) is 0 Å². The van der Waals surface area contributed by atoms with E-state index in [1.807, 2.05) is 0 Å². The Morgan fingerprint density at radius 2 is 1.16 bits per heavy atom. The number of hydrogen-bond acceptors (Lipinski definition) is 6. The number of allylic oxidation sites excluding steroid dienone is 1. The fraction of sp³-hybridized carbons (Fsp3) is 0.844. The molecule has 2 unspecified atom stereocenters. The number of hydrogen-bond donors (Lipinski definition) is 0. The van der Waals surface area contributed by atoms with Gasteiger partial charge in [0, 0.05) is 26.0 Å². The molecular formula is C45H79NO5. The van der Waals surface area contributed by atoms with Crippen molar-refractivity contribution in [3.8, 4) is 0 Å². The second kappa shape index (κ2) is 33.8. The van der Waals surface area contributed by atoms with Crippen LogP contribution in [0.15, 0.2) is 29.3 Å². The fourth-order valence-corrected chi connectivity index (χ4v) is 7.35. The van der Waals surface area contributed by atoms with Gasteiger partial charge in [-0.15, -0.1) is 0 Å². The minimum atomic E-state index is -0.0830. The van der Waals surface area contributed by atoms with Gasteiger partial charge in [-0.05, 0) is 101 Å². The van der Waals surface area contributed by atoms with Gasteiger partial charge in [0.2, 0.25) is 0 Å². The molecule has 0 N–H and O–H groups in total. The van der Waals surface area contributed by atoms with Gasteiger partial charge in [0.1, 0.15) is 0 Å². The minimum absolute atomic E-state index is 0.0830. The van der Waals surface area contributed by atoms with Crippen molar-refractivity contribution >= 4 is 11.9 Å². The summed E-state index contributed by atoms with van der Waals surface area (Å²) in [4.78, 5) is 27.9. The molecule has 1 aliphatic rings. The number of carbonyl (C=O) groups is 2. The van der Waals surface area contributed by atoms with Crippen molar-refractivity contribution < 1.29 is 23.8 Å². The summed E-state index contributed by atoms with van der Waals surface area (Å²) < 4.78 is 18.0. The topological polar surface area (TPSA) is 65.1 Å². The quantitative estimate of drug-likeness (QED) is 0.0956. The first-order chi connectivity index (χ1) is 25.0. The minimum Gasteiger partial charge on any atom is -0.466 e. The lowest BCUT2D eigenvalue weighted by molar-refractivity contribution is -0.144. The Hall–Kier alpha value is -2.06. The highest BCUT2D eigenvalue weighted by Crippen LogP contribution is 2.33. The molecule has 0 spiro atoms. The predicted octanol–water partition coefficient (Wildman–Crippen LogP) is 11.9. The highest BCUT2D eigenvalue weighted by molar-refractivity contribution is 5.69. The molecule has 1 aliphatic heterocycles. The van der Waals surface area contributed by atoms with Gasteiger partial charge in [0.25, 0.3) is 0 Å². The van der Waals surface area contributed by atoms with Crippen molar-refractivity contribution in [1.82, 2.24) is 4.90 Å². The lowest BCUT2D eigenvalue weighted by Gasteiger charge is -2.26. The number of nitrogens with zero attached hydrogens (tertiary/aromatic N) is 1. The maximum absolute atomic E-state index is 12.7. The van der Waals surface area contributed by atoms with Crippen LogP contribution in [0.3, 0.4) is 0 Å². The largest absolute Gasteiger partial charge is 0.466 e. The molecule has 294 valence electrons. The van der Waals surface area contributed by atoms with Crippen molar-refractivity contribution in [3.05, 3.63) is 29.3 Å². The Morgan fingerprint density at radius 3 is 1.63 bits per heavy atom. The summed E-state index contributed by atoms with van der Waals surface area (Å²) in [5.41, 5.74) is 10.5. The van der Waals surface area contributed by atoms with Crippen LogP contribution in [0.2, 0.25) is 0 Å². The van der Waals surface area contributed by atoms with Gasteiger partial charge in [0.05, 0.1) is 19.3 Å². The molecule has 0 bridgehead atoms. The number of esters is 2. The van der Waals surface area contributed by atoms with E-state index in [2.05, 4.69) is 56.4 Å². The van der Waals surface area contributed by atoms with E-state index < -0.39 is 0 Å². The molecule has 0 aromatic heterocycles. The Balaban J connectivity index is 2.92. The number of unbranched alkanes of at least 4 members (excludes halogenated alkanes) is 4. The first-order valence-electron chi connectivity index (χ1n) is 21.5. The van der Waals surface area contributed by atoms with E-state index in [9.17, 15) is 9.59 Å². The summed E-state index contributed by atoms with van der Waals surface area (Å²) in [6.45, 7) is 17.6. The zero-order valence-corrected chi connectivity index (χ0v) is 33.8. The van der Waals surface area contributed by atoms with Gasteiger partial charge in [-0.1, -0.05) is 129 Å². The van der Waals surface area contributed by atoms with E-state index in [1.54, 1.807) is 0 Å². The van der Waals surface area contributed by atoms with Crippen LogP contribution < -0.4 is 0 Å². The SMILES string of the molecule is C=C=C=C=C1C(CCCCC)CCOC(=O)CCCCCCCC(OCCCN(CC)CC)CCCCCCCC(=O)OCCC1CCCCC. The molecule has 6 nitrogen and oxygen atoms in total. The van der Waals surface area contributed by atoms with Crippen molar-refractivity contribution in [2.24, 2.45) is 11.8 Å². The van der Waals surface area contributed by atoms with E-state index in [-0.39, 0.29) is 23.8 Å². The number of cyclic esters (lactones) is 2. The molecule has 51 heavy (non-hydrogen) atoms. The summed E-state index contributed by atoms with van der Waals surface area (Å²) in [5.74, 6) is 0.309. The molecular weight excluding hydrogens is 634 g/mol. The van der Waals surface area contributed by atoms with Crippen molar-refractivity contribution in [2.75, 3.05) is 39.5 Å². The summed E-state index contributed by atoms with van der Waals surface area (Å²) in [6.07, 6.45) is 26.1. The highest BCUT2D eigenvalue weighted by atomic mass is 16.5. The van der Waals surface area contributed by atoms with Crippen LogP contribution >= 0.6 is 0 Å². The Kier molecular flexibility index (Phi) is 31.1. The van der Waals surface area contributed by atoms with E-state index in [4.69, 9.17) is 14.2 Å². The Morgan fingerprint density at radius 1 is 0.667 bits per heavy atom. The maximum Gasteiger partial charge on any atom is 0.305 e. The van der Waals surface area contributed by atoms with Crippen LogP contribution in [0.5, 0.6) is 0 Å². The van der Waals surface area contributed by atoms with Crippen LogP contribution in [0.25, 0.3) is 0 Å². The number of ether oxygens (including phenoxy) is 3. The second-order valence-electron chi connectivity index (χ2n) is 14.8. The third kappa shape index (κ3) is 25.5. The molecule has 1 heterocycles. The third-order valence-corrected chi connectivity index (χ3v) is 10.6. The van der Waals surface area contributed by atoms with Gasteiger partial charge in [-0.3, -0.25) is 9.59 Å². The first kappa shape index (κ1) is 47.0. The summed E-state index contributed by atoms with van der Waals surface area (Å²) in [6, 6.07) is 0. The summed E-state index contributed by atoms with van der Waals surface area (Å²) >= 11 is 0. The molecule has 6 heteroatoms.